The number of hydrogen-bond acceptors (Lipinski definition) is 2. The molecule has 0 radical (unpaired) electrons. The lowest BCUT2D eigenvalue weighted by Crippen LogP contribution is -2.18. The van der Waals surface area contributed by atoms with E-state index in [1.165, 1.54) is 0 Å². The van der Waals surface area contributed by atoms with Crippen LogP contribution in [0.4, 0.5) is 5.69 Å². The highest BCUT2D eigenvalue weighted by Gasteiger charge is 2.12. The van der Waals surface area contributed by atoms with E-state index in [1.807, 2.05) is 56.3 Å². The average Bonchev–Trinajstić information content (AvgIpc) is 2.43. The van der Waals surface area contributed by atoms with Gasteiger partial charge in [-0.25, -0.2) is 8.42 Å². The number of nitrogens with one attached hydrogen (secondary N) is 1. The van der Waals surface area contributed by atoms with E-state index in [0.717, 1.165) is 21.2 Å². The first-order valence-corrected chi connectivity index (χ1v) is 9.13. The molecule has 1 N–H and O–H groups in total. The van der Waals surface area contributed by atoms with Crippen molar-refractivity contribution in [3.05, 3.63) is 63.6 Å². The first-order valence-electron chi connectivity index (χ1n) is 6.68. The van der Waals surface area contributed by atoms with Gasteiger partial charge < -0.3 is 0 Å². The lowest BCUT2D eigenvalue weighted by atomic mass is 10.1. The molecule has 3 nitrogen and oxygen atoms in total. The molecule has 0 bridgehead atoms. The zero-order chi connectivity index (χ0) is 15.5. The zero-order valence-electron chi connectivity index (χ0n) is 12.1. The molecule has 2 aromatic rings. The predicted molar refractivity (Wildman–Crippen MR) is 91.2 cm³/mol. The minimum absolute atomic E-state index is 0.0746. The molecule has 0 spiro atoms. The SMILES string of the molecule is Cc1cc(NS(=O)(=O)CCc2ccccc2)cc(C)c1Br. The van der Waals surface area contributed by atoms with Gasteiger partial charge in [0, 0.05) is 10.2 Å². The van der Waals surface area contributed by atoms with Gasteiger partial charge in [-0.3, -0.25) is 4.72 Å². The van der Waals surface area contributed by atoms with E-state index >= 15 is 0 Å². The smallest absolute Gasteiger partial charge is 0.233 e. The Bertz CT molecular complexity index is 704. The maximum absolute atomic E-state index is 12.2. The van der Waals surface area contributed by atoms with Crippen molar-refractivity contribution in [2.75, 3.05) is 10.5 Å². The molecule has 0 amide bonds. The predicted octanol–water partition coefficient (Wildman–Crippen LogP) is 4.05. The van der Waals surface area contributed by atoms with Crippen molar-refractivity contribution in [1.82, 2.24) is 0 Å². The van der Waals surface area contributed by atoms with E-state index < -0.39 is 10.0 Å². The van der Waals surface area contributed by atoms with E-state index in [2.05, 4.69) is 20.7 Å². The Morgan fingerprint density at radius 3 is 2.19 bits per heavy atom. The Balaban J connectivity index is 2.07. The van der Waals surface area contributed by atoms with Crippen LogP contribution in [0.1, 0.15) is 16.7 Å². The van der Waals surface area contributed by atoms with E-state index in [9.17, 15) is 8.42 Å². The second kappa shape index (κ2) is 6.62. The van der Waals surface area contributed by atoms with Gasteiger partial charge in [0.2, 0.25) is 10.0 Å². The summed E-state index contributed by atoms with van der Waals surface area (Å²) in [5, 5.41) is 0. The molecule has 5 heteroatoms. The number of sulfonamides is 1. The fourth-order valence-electron chi connectivity index (χ4n) is 2.13. The van der Waals surface area contributed by atoms with Gasteiger partial charge in [-0.2, -0.15) is 0 Å². The summed E-state index contributed by atoms with van der Waals surface area (Å²) in [5.41, 5.74) is 3.65. The van der Waals surface area contributed by atoms with Crippen LogP contribution in [-0.4, -0.2) is 14.2 Å². The Kier molecular flexibility index (Phi) is 5.06. The monoisotopic (exact) mass is 367 g/mol. The quantitative estimate of drug-likeness (QED) is 0.866. The normalized spacial score (nSPS) is 11.4. The van der Waals surface area contributed by atoms with E-state index in [-0.39, 0.29) is 5.75 Å². The number of halogens is 1. The summed E-state index contributed by atoms with van der Waals surface area (Å²) in [5.74, 6) is 0.0746. The molecule has 0 saturated heterocycles. The topological polar surface area (TPSA) is 46.2 Å². The lowest BCUT2D eigenvalue weighted by Gasteiger charge is -2.11. The molecule has 21 heavy (non-hydrogen) atoms. The molecule has 0 fully saturated rings. The molecule has 2 rings (SSSR count). The molecule has 0 aliphatic carbocycles. The van der Waals surface area contributed by atoms with Crippen molar-refractivity contribution in [3.63, 3.8) is 0 Å². The summed E-state index contributed by atoms with van der Waals surface area (Å²) in [4.78, 5) is 0. The van der Waals surface area contributed by atoms with Crippen molar-refractivity contribution >= 4 is 31.6 Å². The van der Waals surface area contributed by atoms with Gasteiger partial charge in [0.25, 0.3) is 0 Å². The van der Waals surface area contributed by atoms with Crippen LogP contribution >= 0.6 is 15.9 Å². The van der Waals surface area contributed by atoms with Gasteiger partial charge >= 0.3 is 0 Å². The van der Waals surface area contributed by atoms with Gasteiger partial charge in [-0.1, -0.05) is 46.3 Å². The van der Waals surface area contributed by atoms with Crippen LogP contribution in [0.2, 0.25) is 0 Å². The highest BCUT2D eigenvalue weighted by Crippen LogP contribution is 2.25. The van der Waals surface area contributed by atoms with Gasteiger partial charge in [-0.15, -0.1) is 0 Å². The molecule has 0 atom stereocenters. The summed E-state index contributed by atoms with van der Waals surface area (Å²) >= 11 is 3.48. The van der Waals surface area contributed by atoms with Crippen molar-refractivity contribution in [2.24, 2.45) is 0 Å². The Morgan fingerprint density at radius 2 is 1.62 bits per heavy atom. The van der Waals surface area contributed by atoms with Crippen LogP contribution in [0.3, 0.4) is 0 Å². The third kappa shape index (κ3) is 4.58. The van der Waals surface area contributed by atoms with Gasteiger partial charge in [0.1, 0.15) is 0 Å². The molecular formula is C16H18BrNO2S. The summed E-state index contributed by atoms with van der Waals surface area (Å²) < 4.78 is 28.0. The largest absolute Gasteiger partial charge is 0.284 e. The number of rotatable bonds is 5. The molecule has 0 saturated carbocycles. The molecule has 0 aliphatic heterocycles. The third-order valence-electron chi connectivity index (χ3n) is 3.21. The van der Waals surface area contributed by atoms with Crippen LogP contribution in [0, 0.1) is 13.8 Å². The Morgan fingerprint density at radius 1 is 1.05 bits per heavy atom. The van der Waals surface area contributed by atoms with Crippen molar-refractivity contribution in [3.8, 4) is 0 Å². The van der Waals surface area contributed by atoms with Gasteiger partial charge in [0.05, 0.1) is 5.75 Å². The Hall–Kier alpha value is -1.33. The fourth-order valence-corrected chi connectivity index (χ4v) is 3.44. The zero-order valence-corrected chi connectivity index (χ0v) is 14.5. The molecule has 0 aromatic heterocycles. The molecule has 0 unspecified atom stereocenters. The molecule has 0 heterocycles. The molecule has 112 valence electrons. The fraction of sp³-hybridized carbons (Fsp3) is 0.250. The van der Waals surface area contributed by atoms with Crippen molar-refractivity contribution in [1.29, 1.82) is 0 Å². The van der Waals surface area contributed by atoms with Crippen LogP contribution < -0.4 is 4.72 Å². The highest BCUT2D eigenvalue weighted by molar-refractivity contribution is 9.10. The Labute approximate surface area is 134 Å². The second-order valence-corrected chi connectivity index (χ2v) is 7.72. The van der Waals surface area contributed by atoms with Crippen LogP contribution in [0.5, 0.6) is 0 Å². The standard InChI is InChI=1S/C16H18BrNO2S/c1-12-10-15(11-13(2)16(12)17)18-21(19,20)9-8-14-6-4-3-5-7-14/h3-7,10-11,18H,8-9H2,1-2H3. The summed E-state index contributed by atoms with van der Waals surface area (Å²) in [6.45, 7) is 3.89. The summed E-state index contributed by atoms with van der Waals surface area (Å²) in [6, 6.07) is 13.3. The van der Waals surface area contributed by atoms with Gasteiger partial charge in [-0.05, 0) is 49.1 Å². The first kappa shape index (κ1) is 16.0. The lowest BCUT2D eigenvalue weighted by molar-refractivity contribution is 0.600. The van der Waals surface area contributed by atoms with Crippen LogP contribution in [-0.2, 0) is 16.4 Å². The number of anilines is 1. The average molecular weight is 368 g/mol. The number of aryl methyl sites for hydroxylation is 3. The number of hydrogen-bond donors (Lipinski definition) is 1. The number of benzene rings is 2. The van der Waals surface area contributed by atoms with Crippen molar-refractivity contribution in [2.45, 2.75) is 20.3 Å². The minimum atomic E-state index is -3.34. The maximum atomic E-state index is 12.2. The highest BCUT2D eigenvalue weighted by atomic mass is 79.9. The molecule has 2 aromatic carbocycles. The summed E-state index contributed by atoms with van der Waals surface area (Å²) in [7, 11) is -3.34. The van der Waals surface area contributed by atoms with E-state index in [0.29, 0.717) is 12.1 Å². The second-order valence-electron chi connectivity index (χ2n) is 5.08. The van der Waals surface area contributed by atoms with Crippen molar-refractivity contribution < 1.29 is 8.42 Å². The minimum Gasteiger partial charge on any atom is -0.284 e. The van der Waals surface area contributed by atoms with E-state index in [4.69, 9.17) is 0 Å². The third-order valence-corrected chi connectivity index (χ3v) is 5.75. The molecular weight excluding hydrogens is 350 g/mol. The summed E-state index contributed by atoms with van der Waals surface area (Å²) in [6.07, 6.45) is 0.505. The van der Waals surface area contributed by atoms with Crippen LogP contribution in [0.25, 0.3) is 0 Å². The first-order chi connectivity index (χ1) is 9.87. The maximum Gasteiger partial charge on any atom is 0.233 e. The van der Waals surface area contributed by atoms with Gasteiger partial charge in [0.15, 0.2) is 0 Å². The molecule has 0 aliphatic rings. The van der Waals surface area contributed by atoms with E-state index in [1.54, 1.807) is 0 Å². The van der Waals surface area contributed by atoms with Crippen LogP contribution in [0.15, 0.2) is 46.9 Å².